The number of ether oxygens (including phenoxy) is 1. The number of nitrogens with two attached hydrogens (primary N) is 1. The number of nitrogens with zero attached hydrogens (tertiary/aromatic N) is 1. The molecular formula is C15H18F3N3O. The van der Waals surface area contributed by atoms with Gasteiger partial charge in [-0.15, -0.1) is 0 Å². The molecule has 0 heterocycles. The first-order chi connectivity index (χ1) is 10.3. The Kier molecular flexibility index (Phi) is 6.73. The van der Waals surface area contributed by atoms with E-state index in [-0.39, 0.29) is 18.5 Å². The molecule has 0 spiro atoms. The van der Waals surface area contributed by atoms with E-state index in [0.29, 0.717) is 12.2 Å². The van der Waals surface area contributed by atoms with Gasteiger partial charge in [0.05, 0.1) is 12.2 Å². The fraction of sp³-hybridized carbons (Fsp3) is 0.400. The van der Waals surface area contributed by atoms with Crippen LogP contribution < -0.4 is 11.1 Å². The third-order valence-electron chi connectivity index (χ3n) is 2.58. The van der Waals surface area contributed by atoms with Gasteiger partial charge in [0, 0.05) is 18.7 Å². The van der Waals surface area contributed by atoms with E-state index in [1.165, 1.54) is 12.1 Å². The molecule has 1 aromatic carbocycles. The summed E-state index contributed by atoms with van der Waals surface area (Å²) < 4.78 is 42.1. The fourth-order valence-corrected chi connectivity index (χ4v) is 1.60. The number of alkyl halides is 3. The molecule has 0 aliphatic carbocycles. The Bertz CT molecular complexity index is 556. The maximum atomic E-state index is 12.4. The lowest BCUT2D eigenvalue weighted by Gasteiger charge is -2.12. The van der Waals surface area contributed by atoms with Crippen LogP contribution in [0.1, 0.15) is 18.1 Å². The van der Waals surface area contributed by atoms with Crippen molar-refractivity contribution in [3.63, 3.8) is 0 Å². The first-order valence-corrected chi connectivity index (χ1v) is 6.54. The zero-order valence-corrected chi connectivity index (χ0v) is 12.4. The molecule has 120 valence electrons. The van der Waals surface area contributed by atoms with Crippen molar-refractivity contribution in [1.82, 2.24) is 5.32 Å². The molecule has 7 heteroatoms. The number of hydrogen-bond acceptors (Lipinski definition) is 2. The summed E-state index contributed by atoms with van der Waals surface area (Å²) in [5.74, 6) is 5.69. The van der Waals surface area contributed by atoms with Crippen LogP contribution >= 0.6 is 0 Å². The lowest BCUT2D eigenvalue weighted by molar-refractivity contribution is -0.137. The van der Waals surface area contributed by atoms with E-state index in [2.05, 4.69) is 22.2 Å². The normalized spacial score (nSPS) is 13.2. The average molecular weight is 313 g/mol. The number of guanidine groups is 1. The van der Waals surface area contributed by atoms with Gasteiger partial charge in [0.1, 0.15) is 6.54 Å². The quantitative estimate of drug-likeness (QED) is 0.508. The molecule has 0 bridgehead atoms. The van der Waals surface area contributed by atoms with E-state index in [1.807, 2.05) is 6.92 Å². The zero-order valence-electron chi connectivity index (χ0n) is 12.4. The molecule has 1 aromatic rings. The van der Waals surface area contributed by atoms with Gasteiger partial charge in [0.25, 0.3) is 0 Å². The SMILES string of the molecule is COCC(C)NC(N)=NCC#Cc1ccc(C(F)(F)F)cc1. The molecule has 0 amide bonds. The van der Waals surface area contributed by atoms with Crippen molar-refractivity contribution in [1.29, 1.82) is 0 Å². The summed E-state index contributed by atoms with van der Waals surface area (Å²) >= 11 is 0. The second-order valence-corrected chi connectivity index (χ2v) is 4.58. The smallest absolute Gasteiger partial charge is 0.383 e. The van der Waals surface area contributed by atoms with Crippen LogP contribution in [0.15, 0.2) is 29.3 Å². The van der Waals surface area contributed by atoms with Crippen LogP contribution in [0.2, 0.25) is 0 Å². The van der Waals surface area contributed by atoms with Crippen molar-refractivity contribution in [2.24, 2.45) is 10.7 Å². The number of methoxy groups -OCH3 is 1. The Labute approximate surface area is 127 Å². The average Bonchev–Trinajstić information content (AvgIpc) is 2.43. The third-order valence-corrected chi connectivity index (χ3v) is 2.58. The monoisotopic (exact) mass is 313 g/mol. The van der Waals surface area contributed by atoms with E-state index in [0.717, 1.165) is 12.1 Å². The van der Waals surface area contributed by atoms with Crippen LogP contribution in [0.5, 0.6) is 0 Å². The summed E-state index contributed by atoms with van der Waals surface area (Å²) in [6.45, 7) is 2.53. The van der Waals surface area contributed by atoms with Gasteiger partial charge in [0.15, 0.2) is 5.96 Å². The first-order valence-electron chi connectivity index (χ1n) is 6.54. The first kappa shape index (κ1) is 17.9. The summed E-state index contributed by atoms with van der Waals surface area (Å²) in [5, 5.41) is 2.91. The molecular weight excluding hydrogens is 295 g/mol. The van der Waals surface area contributed by atoms with Gasteiger partial charge in [-0.1, -0.05) is 11.8 Å². The highest BCUT2D eigenvalue weighted by molar-refractivity contribution is 5.78. The Balaban J connectivity index is 2.54. The second kappa shape index (κ2) is 8.29. The van der Waals surface area contributed by atoms with Crippen LogP contribution in [0, 0.1) is 11.8 Å². The number of benzene rings is 1. The molecule has 0 aliphatic heterocycles. The molecule has 0 saturated carbocycles. The molecule has 1 unspecified atom stereocenters. The fourth-order valence-electron chi connectivity index (χ4n) is 1.60. The predicted octanol–water partition coefficient (Wildman–Crippen LogP) is 2.00. The summed E-state index contributed by atoms with van der Waals surface area (Å²) in [6.07, 6.45) is -4.34. The van der Waals surface area contributed by atoms with Crippen LogP contribution in [-0.4, -0.2) is 32.3 Å². The number of rotatable bonds is 4. The highest BCUT2D eigenvalue weighted by Gasteiger charge is 2.29. The molecule has 3 N–H and O–H groups in total. The molecule has 1 rings (SSSR count). The van der Waals surface area contributed by atoms with Crippen LogP contribution in [-0.2, 0) is 10.9 Å². The Morgan fingerprint density at radius 2 is 2.00 bits per heavy atom. The van der Waals surface area contributed by atoms with Crippen molar-refractivity contribution in [2.45, 2.75) is 19.1 Å². The van der Waals surface area contributed by atoms with Gasteiger partial charge in [-0.05, 0) is 31.2 Å². The summed E-state index contributed by atoms with van der Waals surface area (Å²) in [7, 11) is 1.58. The molecule has 4 nitrogen and oxygen atoms in total. The second-order valence-electron chi connectivity index (χ2n) is 4.58. The van der Waals surface area contributed by atoms with Gasteiger partial charge >= 0.3 is 6.18 Å². The van der Waals surface area contributed by atoms with E-state index < -0.39 is 11.7 Å². The minimum absolute atomic E-state index is 0.0247. The summed E-state index contributed by atoms with van der Waals surface area (Å²) in [5.41, 5.74) is 5.43. The number of halogens is 3. The third kappa shape index (κ3) is 6.50. The zero-order chi connectivity index (χ0) is 16.6. The number of nitrogens with one attached hydrogen (secondary N) is 1. The maximum Gasteiger partial charge on any atom is 0.416 e. The Hall–Kier alpha value is -2.20. The van der Waals surface area contributed by atoms with Gasteiger partial charge in [-0.3, -0.25) is 0 Å². The Morgan fingerprint density at radius 1 is 1.36 bits per heavy atom. The molecule has 0 radical (unpaired) electrons. The Morgan fingerprint density at radius 3 is 2.55 bits per heavy atom. The molecule has 1 atom stereocenters. The standard InChI is InChI=1S/C15H18F3N3O/c1-11(10-22-2)21-14(19)20-9-3-4-12-5-7-13(8-6-12)15(16,17)18/h5-8,11H,9-10H2,1-2H3,(H3,19,20,21). The highest BCUT2D eigenvalue weighted by atomic mass is 19.4. The van der Waals surface area contributed by atoms with Crippen molar-refractivity contribution in [2.75, 3.05) is 20.3 Å². The van der Waals surface area contributed by atoms with Gasteiger partial charge < -0.3 is 15.8 Å². The topological polar surface area (TPSA) is 59.6 Å². The lowest BCUT2D eigenvalue weighted by atomic mass is 10.1. The van der Waals surface area contributed by atoms with Gasteiger partial charge in [0.2, 0.25) is 0 Å². The molecule has 0 saturated heterocycles. The minimum Gasteiger partial charge on any atom is -0.383 e. The van der Waals surface area contributed by atoms with Crippen molar-refractivity contribution < 1.29 is 17.9 Å². The highest BCUT2D eigenvalue weighted by Crippen LogP contribution is 2.28. The van der Waals surface area contributed by atoms with Crippen molar-refractivity contribution in [3.8, 4) is 11.8 Å². The summed E-state index contributed by atoms with van der Waals surface area (Å²) in [6, 6.07) is 4.66. The maximum absolute atomic E-state index is 12.4. The van der Waals surface area contributed by atoms with E-state index >= 15 is 0 Å². The summed E-state index contributed by atoms with van der Waals surface area (Å²) in [4.78, 5) is 3.99. The predicted molar refractivity (Wildman–Crippen MR) is 79.3 cm³/mol. The van der Waals surface area contributed by atoms with E-state index in [1.54, 1.807) is 7.11 Å². The van der Waals surface area contributed by atoms with Crippen LogP contribution in [0.4, 0.5) is 13.2 Å². The van der Waals surface area contributed by atoms with Crippen molar-refractivity contribution in [3.05, 3.63) is 35.4 Å². The number of aliphatic imine (C=N–C) groups is 1. The molecule has 0 aromatic heterocycles. The van der Waals surface area contributed by atoms with Crippen LogP contribution in [0.25, 0.3) is 0 Å². The molecule has 22 heavy (non-hydrogen) atoms. The molecule has 0 aliphatic rings. The lowest BCUT2D eigenvalue weighted by Crippen LogP contribution is -2.40. The van der Waals surface area contributed by atoms with E-state index in [9.17, 15) is 13.2 Å². The largest absolute Gasteiger partial charge is 0.416 e. The molecule has 0 fully saturated rings. The minimum atomic E-state index is -4.34. The van der Waals surface area contributed by atoms with Gasteiger partial charge in [-0.2, -0.15) is 13.2 Å². The van der Waals surface area contributed by atoms with Crippen LogP contribution in [0.3, 0.4) is 0 Å². The number of hydrogen-bond donors (Lipinski definition) is 2. The van der Waals surface area contributed by atoms with Crippen molar-refractivity contribution >= 4 is 5.96 Å². The van der Waals surface area contributed by atoms with E-state index in [4.69, 9.17) is 10.5 Å². The van der Waals surface area contributed by atoms with Gasteiger partial charge in [-0.25, -0.2) is 4.99 Å².